The van der Waals surface area contributed by atoms with Crippen LogP contribution in [0.25, 0.3) is 0 Å². The molecule has 3 heteroatoms. The molecule has 0 amide bonds. The maximum Gasteiger partial charge on any atom is 0.393 e. The van der Waals surface area contributed by atoms with E-state index >= 15 is 0 Å². The standard InChI is InChI=1S/C18H35F3/c1-6-8-10-12-14-17(5,13-11-9-7-2)15-16(3,4)18(19,20)21/h6-15H2,1-5H3. The molecule has 0 nitrogen and oxygen atoms in total. The van der Waals surface area contributed by atoms with Crippen molar-refractivity contribution in [2.24, 2.45) is 10.8 Å². The van der Waals surface area contributed by atoms with Crippen LogP contribution in [0.15, 0.2) is 0 Å². The molecule has 0 aliphatic rings. The van der Waals surface area contributed by atoms with Gasteiger partial charge in [-0.25, -0.2) is 0 Å². The summed E-state index contributed by atoms with van der Waals surface area (Å²) in [6.45, 7) is 9.09. The molecule has 0 aromatic heterocycles. The van der Waals surface area contributed by atoms with E-state index in [0.29, 0.717) is 0 Å². The first-order valence-electron chi connectivity index (χ1n) is 8.65. The SMILES string of the molecule is CCCCCCC(C)(CCCCC)CC(C)(C)C(F)(F)F. The van der Waals surface area contributed by atoms with E-state index in [9.17, 15) is 13.2 Å². The lowest BCUT2D eigenvalue weighted by Gasteiger charge is -2.39. The average molecular weight is 308 g/mol. The highest BCUT2D eigenvalue weighted by Crippen LogP contribution is 2.49. The fraction of sp³-hybridized carbons (Fsp3) is 1.00. The van der Waals surface area contributed by atoms with Crippen LogP contribution in [0.5, 0.6) is 0 Å². The molecule has 0 heterocycles. The van der Waals surface area contributed by atoms with E-state index < -0.39 is 11.6 Å². The summed E-state index contributed by atoms with van der Waals surface area (Å²) in [6.07, 6.45) is 5.84. The molecule has 0 bridgehead atoms. The van der Waals surface area contributed by atoms with Gasteiger partial charge in [-0.1, -0.05) is 79.6 Å². The second-order valence-electron chi connectivity index (χ2n) is 7.64. The van der Waals surface area contributed by atoms with E-state index in [1.807, 2.05) is 0 Å². The molecule has 0 saturated heterocycles. The van der Waals surface area contributed by atoms with Crippen LogP contribution in [0, 0.1) is 10.8 Å². The van der Waals surface area contributed by atoms with Gasteiger partial charge >= 0.3 is 6.18 Å². The zero-order valence-electron chi connectivity index (χ0n) is 14.7. The van der Waals surface area contributed by atoms with Crippen molar-refractivity contribution in [3.63, 3.8) is 0 Å². The van der Waals surface area contributed by atoms with E-state index in [0.717, 1.165) is 44.9 Å². The quantitative estimate of drug-likeness (QED) is 0.346. The van der Waals surface area contributed by atoms with Gasteiger partial charge in [0.15, 0.2) is 0 Å². The highest BCUT2D eigenvalue weighted by Gasteiger charge is 2.50. The predicted octanol–water partition coefficient (Wildman–Crippen LogP) is 7.52. The van der Waals surface area contributed by atoms with Gasteiger partial charge in [-0.15, -0.1) is 0 Å². The molecule has 0 aromatic carbocycles. The van der Waals surface area contributed by atoms with Crippen LogP contribution in [-0.4, -0.2) is 6.18 Å². The molecule has 0 aliphatic heterocycles. The van der Waals surface area contributed by atoms with Crippen molar-refractivity contribution in [3.05, 3.63) is 0 Å². The Labute approximate surface area is 129 Å². The van der Waals surface area contributed by atoms with E-state index in [1.54, 1.807) is 0 Å². The summed E-state index contributed by atoms with van der Waals surface area (Å²) in [5, 5.41) is 0. The van der Waals surface area contributed by atoms with E-state index in [1.165, 1.54) is 26.7 Å². The molecule has 0 rings (SSSR count). The number of halogens is 3. The van der Waals surface area contributed by atoms with Crippen LogP contribution >= 0.6 is 0 Å². The topological polar surface area (TPSA) is 0 Å². The molecule has 1 atom stereocenters. The lowest BCUT2D eigenvalue weighted by Crippen LogP contribution is -2.37. The Hall–Kier alpha value is -0.210. The first-order valence-corrected chi connectivity index (χ1v) is 8.65. The largest absolute Gasteiger partial charge is 0.393 e. The number of unbranched alkanes of at least 4 members (excludes halogenated alkanes) is 5. The van der Waals surface area contributed by atoms with Crippen molar-refractivity contribution < 1.29 is 13.2 Å². The molecule has 0 aliphatic carbocycles. The van der Waals surface area contributed by atoms with E-state index in [4.69, 9.17) is 0 Å². The molecule has 0 radical (unpaired) electrons. The molecular weight excluding hydrogens is 273 g/mol. The normalized spacial score (nSPS) is 16.0. The molecule has 1 unspecified atom stereocenters. The summed E-state index contributed by atoms with van der Waals surface area (Å²) >= 11 is 0. The molecule has 21 heavy (non-hydrogen) atoms. The van der Waals surface area contributed by atoms with Gasteiger partial charge in [0.05, 0.1) is 5.41 Å². The Kier molecular flexibility index (Phi) is 8.96. The number of rotatable bonds is 11. The molecular formula is C18H35F3. The summed E-state index contributed by atoms with van der Waals surface area (Å²) in [7, 11) is 0. The number of hydrogen-bond acceptors (Lipinski definition) is 0. The maximum atomic E-state index is 13.2. The Morgan fingerprint density at radius 2 is 1.10 bits per heavy atom. The summed E-state index contributed by atoms with van der Waals surface area (Å²) in [5.41, 5.74) is -1.76. The minimum atomic E-state index is -4.11. The second-order valence-corrected chi connectivity index (χ2v) is 7.64. The van der Waals surface area contributed by atoms with Crippen molar-refractivity contribution in [1.82, 2.24) is 0 Å². The fourth-order valence-electron chi connectivity index (χ4n) is 3.25. The monoisotopic (exact) mass is 308 g/mol. The zero-order valence-corrected chi connectivity index (χ0v) is 14.7. The van der Waals surface area contributed by atoms with Gasteiger partial charge in [0.1, 0.15) is 0 Å². The van der Waals surface area contributed by atoms with Crippen LogP contribution < -0.4 is 0 Å². The van der Waals surface area contributed by atoms with Crippen LogP contribution in [0.3, 0.4) is 0 Å². The third-order valence-electron chi connectivity index (χ3n) is 4.65. The molecule has 0 aromatic rings. The van der Waals surface area contributed by atoms with Crippen molar-refractivity contribution in [2.45, 2.75) is 105 Å². The van der Waals surface area contributed by atoms with Gasteiger partial charge in [-0.05, 0) is 24.7 Å². The lowest BCUT2D eigenvalue weighted by atomic mass is 9.68. The zero-order chi connectivity index (χ0) is 16.6. The Balaban J connectivity index is 4.70. The van der Waals surface area contributed by atoms with E-state index in [-0.39, 0.29) is 11.8 Å². The summed E-state index contributed by atoms with van der Waals surface area (Å²) in [6, 6.07) is 0. The van der Waals surface area contributed by atoms with Crippen molar-refractivity contribution in [1.29, 1.82) is 0 Å². The smallest absolute Gasteiger partial charge is 0.171 e. The molecule has 0 spiro atoms. The van der Waals surface area contributed by atoms with Crippen LogP contribution in [0.1, 0.15) is 98.8 Å². The minimum Gasteiger partial charge on any atom is -0.171 e. The number of alkyl halides is 3. The number of hydrogen-bond donors (Lipinski definition) is 0. The minimum absolute atomic E-state index is 0.179. The Bertz CT molecular complexity index is 268. The Morgan fingerprint density at radius 3 is 1.52 bits per heavy atom. The van der Waals surface area contributed by atoms with Gasteiger partial charge in [0.2, 0.25) is 0 Å². The fourth-order valence-corrected chi connectivity index (χ4v) is 3.25. The third-order valence-corrected chi connectivity index (χ3v) is 4.65. The molecule has 128 valence electrons. The highest BCUT2D eigenvalue weighted by atomic mass is 19.4. The van der Waals surface area contributed by atoms with Crippen LogP contribution in [0.4, 0.5) is 13.2 Å². The third kappa shape index (κ3) is 8.11. The predicted molar refractivity (Wildman–Crippen MR) is 85.5 cm³/mol. The first kappa shape index (κ1) is 20.8. The van der Waals surface area contributed by atoms with Gasteiger partial charge in [-0.2, -0.15) is 13.2 Å². The van der Waals surface area contributed by atoms with Crippen LogP contribution in [0.2, 0.25) is 0 Å². The highest BCUT2D eigenvalue weighted by molar-refractivity contribution is 4.87. The van der Waals surface area contributed by atoms with Gasteiger partial charge < -0.3 is 0 Å². The average Bonchev–Trinajstić information content (AvgIpc) is 2.33. The molecule has 0 N–H and O–H groups in total. The van der Waals surface area contributed by atoms with Gasteiger partial charge in [-0.3, -0.25) is 0 Å². The van der Waals surface area contributed by atoms with E-state index in [2.05, 4.69) is 20.8 Å². The summed E-state index contributed by atoms with van der Waals surface area (Å²) < 4.78 is 39.6. The molecule has 0 fully saturated rings. The second kappa shape index (κ2) is 9.05. The van der Waals surface area contributed by atoms with Gasteiger partial charge in [0.25, 0.3) is 0 Å². The van der Waals surface area contributed by atoms with Crippen molar-refractivity contribution in [2.75, 3.05) is 0 Å². The van der Waals surface area contributed by atoms with Crippen molar-refractivity contribution in [3.8, 4) is 0 Å². The lowest BCUT2D eigenvalue weighted by molar-refractivity contribution is -0.222. The summed E-state index contributed by atoms with van der Waals surface area (Å²) in [5.74, 6) is 0. The molecule has 0 saturated carbocycles. The Morgan fingerprint density at radius 1 is 0.667 bits per heavy atom. The maximum absolute atomic E-state index is 13.2. The van der Waals surface area contributed by atoms with Gasteiger partial charge in [0, 0.05) is 0 Å². The van der Waals surface area contributed by atoms with Crippen molar-refractivity contribution >= 4 is 0 Å². The van der Waals surface area contributed by atoms with Crippen LogP contribution in [-0.2, 0) is 0 Å². The first-order chi connectivity index (χ1) is 9.58. The summed E-state index contributed by atoms with van der Waals surface area (Å²) in [4.78, 5) is 0.